The van der Waals surface area contributed by atoms with Gasteiger partial charge < -0.3 is 14.2 Å². The highest BCUT2D eigenvalue weighted by atomic mass is 16.3. The SMILES string of the molecule is CC(C)c1cc(-c2ccccc2)nc(N2CCN(C(=O)c3ccoc3)C(C)C2)c1C#N. The number of amides is 1. The van der Waals surface area contributed by atoms with Crippen LogP contribution in [0.5, 0.6) is 0 Å². The minimum absolute atomic E-state index is 0.0209. The van der Waals surface area contributed by atoms with Crippen molar-refractivity contribution in [1.29, 1.82) is 5.26 Å². The number of rotatable bonds is 4. The molecule has 2 aromatic heterocycles. The van der Waals surface area contributed by atoms with Crippen molar-refractivity contribution in [1.82, 2.24) is 9.88 Å². The standard InChI is InChI=1S/C25H26N4O2/c1-17(2)21-13-23(19-7-5-4-6-8-19)27-24(22(21)14-26)28-10-11-29(18(3)15-28)25(30)20-9-12-31-16-20/h4-9,12-13,16-18H,10-11,15H2,1-3H3. The average molecular weight is 415 g/mol. The van der Waals surface area contributed by atoms with E-state index in [1.807, 2.05) is 48.2 Å². The number of nitrogens with zero attached hydrogens (tertiary/aromatic N) is 4. The largest absolute Gasteiger partial charge is 0.472 e. The Bertz CT molecular complexity index is 1100. The molecule has 3 aromatic rings. The van der Waals surface area contributed by atoms with Crippen LogP contribution in [0.3, 0.4) is 0 Å². The fourth-order valence-electron chi connectivity index (χ4n) is 4.11. The van der Waals surface area contributed by atoms with Crippen molar-refractivity contribution in [2.75, 3.05) is 24.5 Å². The summed E-state index contributed by atoms with van der Waals surface area (Å²) in [6, 6.07) is 16.1. The predicted octanol–water partition coefficient (Wildman–Crippen LogP) is 4.69. The lowest BCUT2D eigenvalue weighted by molar-refractivity contribution is 0.0673. The van der Waals surface area contributed by atoms with Crippen molar-refractivity contribution < 1.29 is 9.21 Å². The topological polar surface area (TPSA) is 73.4 Å². The molecule has 1 aliphatic heterocycles. The normalized spacial score (nSPS) is 16.4. The number of hydrogen-bond acceptors (Lipinski definition) is 5. The number of nitriles is 1. The first-order valence-electron chi connectivity index (χ1n) is 10.6. The van der Waals surface area contributed by atoms with Crippen LogP contribution in [0.2, 0.25) is 0 Å². The summed E-state index contributed by atoms with van der Waals surface area (Å²) in [7, 11) is 0. The highest BCUT2D eigenvalue weighted by molar-refractivity contribution is 5.94. The predicted molar refractivity (Wildman–Crippen MR) is 120 cm³/mol. The fraction of sp³-hybridized carbons (Fsp3) is 0.320. The zero-order chi connectivity index (χ0) is 22.0. The number of carbonyl (C=O) groups is 1. The molecule has 4 rings (SSSR count). The molecule has 1 saturated heterocycles. The van der Waals surface area contributed by atoms with Gasteiger partial charge in [-0.25, -0.2) is 4.98 Å². The highest BCUT2D eigenvalue weighted by Gasteiger charge is 2.31. The van der Waals surface area contributed by atoms with Crippen molar-refractivity contribution >= 4 is 11.7 Å². The lowest BCUT2D eigenvalue weighted by Gasteiger charge is -2.40. The van der Waals surface area contributed by atoms with E-state index in [4.69, 9.17) is 9.40 Å². The first-order valence-corrected chi connectivity index (χ1v) is 10.6. The van der Waals surface area contributed by atoms with Crippen molar-refractivity contribution in [3.63, 3.8) is 0 Å². The highest BCUT2D eigenvalue weighted by Crippen LogP contribution is 2.32. The maximum absolute atomic E-state index is 12.8. The molecule has 6 heteroatoms. The van der Waals surface area contributed by atoms with Crippen molar-refractivity contribution in [3.8, 4) is 17.3 Å². The maximum atomic E-state index is 12.8. The van der Waals surface area contributed by atoms with Gasteiger partial charge in [-0.05, 0) is 30.5 Å². The second-order valence-corrected chi connectivity index (χ2v) is 8.23. The van der Waals surface area contributed by atoms with E-state index in [1.165, 1.54) is 12.5 Å². The summed E-state index contributed by atoms with van der Waals surface area (Å²) in [6.07, 6.45) is 2.99. The summed E-state index contributed by atoms with van der Waals surface area (Å²) in [5.74, 6) is 0.866. The Morgan fingerprint density at radius 1 is 1.23 bits per heavy atom. The number of piperazine rings is 1. The lowest BCUT2D eigenvalue weighted by atomic mass is 9.95. The van der Waals surface area contributed by atoms with E-state index < -0.39 is 0 Å². The summed E-state index contributed by atoms with van der Waals surface area (Å²) in [4.78, 5) is 21.7. The summed E-state index contributed by atoms with van der Waals surface area (Å²) >= 11 is 0. The van der Waals surface area contributed by atoms with Gasteiger partial charge >= 0.3 is 0 Å². The molecule has 6 nitrogen and oxygen atoms in total. The third-order valence-corrected chi connectivity index (χ3v) is 5.79. The van der Waals surface area contributed by atoms with Crippen molar-refractivity contribution in [2.24, 2.45) is 0 Å². The van der Waals surface area contributed by atoms with Crippen LogP contribution >= 0.6 is 0 Å². The Morgan fingerprint density at radius 3 is 2.61 bits per heavy atom. The Kier molecular flexibility index (Phi) is 5.77. The Morgan fingerprint density at radius 2 is 2.00 bits per heavy atom. The summed E-state index contributed by atoms with van der Waals surface area (Å²) in [5, 5.41) is 9.98. The summed E-state index contributed by atoms with van der Waals surface area (Å²) < 4.78 is 5.07. The van der Waals surface area contributed by atoms with Crippen LogP contribution in [0.4, 0.5) is 5.82 Å². The minimum atomic E-state index is -0.0322. The number of anilines is 1. The first-order chi connectivity index (χ1) is 15.0. The van der Waals surface area contributed by atoms with E-state index in [9.17, 15) is 10.1 Å². The van der Waals surface area contributed by atoms with Crippen molar-refractivity contribution in [3.05, 3.63) is 71.7 Å². The van der Waals surface area contributed by atoms with E-state index >= 15 is 0 Å². The lowest BCUT2D eigenvalue weighted by Crippen LogP contribution is -2.54. The quantitative estimate of drug-likeness (QED) is 0.619. The van der Waals surface area contributed by atoms with Gasteiger partial charge in [0.2, 0.25) is 0 Å². The van der Waals surface area contributed by atoms with Gasteiger partial charge in [-0.1, -0.05) is 44.2 Å². The number of furan rings is 1. The maximum Gasteiger partial charge on any atom is 0.257 e. The average Bonchev–Trinajstić information content (AvgIpc) is 3.33. The second-order valence-electron chi connectivity index (χ2n) is 8.23. The molecule has 0 saturated carbocycles. The number of benzene rings is 1. The molecule has 0 N–H and O–H groups in total. The summed E-state index contributed by atoms with van der Waals surface area (Å²) in [5.41, 5.74) is 4.07. The van der Waals surface area contributed by atoms with E-state index in [2.05, 4.69) is 24.8 Å². The van der Waals surface area contributed by atoms with Crippen LogP contribution < -0.4 is 4.90 Å². The van der Waals surface area contributed by atoms with Gasteiger partial charge in [-0.15, -0.1) is 0 Å². The molecule has 1 amide bonds. The van der Waals surface area contributed by atoms with Gasteiger partial charge in [0.25, 0.3) is 5.91 Å². The number of hydrogen-bond donors (Lipinski definition) is 0. The molecule has 0 bridgehead atoms. The van der Waals surface area contributed by atoms with Gasteiger partial charge in [-0.3, -0.25) is 4.79 Å². The third kappa shape index (κ3) is 4.04. The molecule has 0 aliphatic carbocycles. The van der Waals surface area contributed by atoms with Gasteiger partial charge in [0.05, 0.1) is 23.1 Å². The molecular weight excluding hydrogens is 388 g/mol. The monoisotopic (exact) mass is 414 g/mol. The van der Waals surface area contributed by atoms with Gasteiger partial charge in [0.1, 0.15) is 18.2 Å². The molecule has 1 aromatic carbocycles. The zero-order valence-corrected chi connectivity index (χ0v) is 18.1. The fourth-order valence-corrected chi connectivity index (χ4v) is 4.11. The number of aromatic nitrogens is 1. The molecule has 1 unspecified atom stereocenters. The molecular formula is C25H26N4O2. The van der Waals surface area contributed by atoms with E-state index in [0.717, 1.165) is 16.8 Å². The number of carbonyl (C=O) groups excluding carboxylic acids is 1. The molecule has 31 heavy (non-hydrogen) atoms. The molecule has 158 valence electrons. The molecule has 1 aliphatic rings. The van der Waals surface area contributed by atoms with Gasteiger partial charge in [-0.2, -0.15) is 5.26 Å². The van der Waals surface area contributed by atoms with Crippen molar-refractivity contribution in [2.45, 2.75) is 32.7 Å². The zero-order valence-electron chi connectivity index (χ0n) is 18.1. The smallest absolute Gasteiger partial charge is 0.257 e. The molecule has 0 radical (unpaired) electrons. The van der Waals surface area contributed by atoms with Crippen LogP contribution in [0.1, 0.15) is 48.2 Å². The Balaban J connectivity index is 1.68. The summed E-state index contributed by atoms with van der Waals surface area (Å²) in [6.45, 7) is 8.01. The first kappa shape index (κ1) is 20.7. The third-order valence-electron chi connectivity index (χ3n) is 5.79. The minimum Gasteiger partial charge on any atom is -0.472 e. The number of pyridine rings is 1. The molecule has 0 spiro atoms. The Labute approximate surface area is 182 Å². The van der Waals surface area contributed by atoms with E-state index in [0.29, 0.717) is 36.6 Å². The molecule has 1 atom stereocenters. The Hall–Kier alpha value is -3.59. The molecule has 1 fully saturated rings. The van der Waals surface area contributed by atoms with Crippen LogP contribution in [0.25, 0.3) is 11.3 Å². The van der Waals surface area contributed by atoms with Gasteiger partial charge in [0.15, 0.2) is 0 Å². The molecule has 3 heterocycles. The second kappa shape index (κ2) is 8.65. The van der Waals surface area contributed by atoms with Crippen LogP contribution in [0, 0.1) is 11.3 Å². The van der Waals surface area contributed by atoms with Crippen LogP contribution in [0.15, 0.2) is 59.4 Å². The van der Waals surface area contributed by atoms with E-state index in [1.54, 1.807) is 6.07 Å². The van der Waals surface area contributed by atoms with Crippen LogP contribution in [-0.2, 0) is 0 Å². The van der Waals surface area contributed by atoms with Crippen LogP contribution in [-0.4, -0.2) is 41.5 Å². The van der Waals surface area contributed by atoms with E-state index in [-0.39, 0.29) is 17.9 Å². The van der Waals surface area contributed by atoms with Gasteiger partial charge in [0, 0.05) is 31.2 Å².